The summed E-state index contributed by atoms with van der Waals surface area (Å²) in [5.41, 5.74) is 4.46. The summed E-state index contributed by atoms with van der Waals surface area (Å²) in [7, 11) is -4.11. The van der Waals surface area contributed by atoms with Crippen LogP contribution in [0.15, 0.2) is 74.8 Å². The lowest BCUT2D eigenvalue weighted by Gasteiger charge is -2.23. The molecule has 0 fully saturated rings. The van der Waals surface area contributed by atoms with Gasteiger partial charge in [-0.15, -0.1) is 0 Å². The first-order chi connectivity index (χ1) is 17.6. The molecular weight excluding hydrogens is 493 g/mol. The topological polar surface area (TPSA) is 94.2 Å². The maximum atomic E-state index is 13.5. The van der Waals surface area contributed by atoms with Gasteiger partial charge in [0.15, 0.2) is 5.58 Å². The van der Waals surface area contributed by atoms with Crippen molar-refractivity contribution < 1.29 is 17.2 Å². The summed E-state index contributed by atoms with van der Waals surface area (Å²) in [5, 5.41) is 0. The van der Waals surface area contributed by atoms with E-state index in [2.05, 4.69) is 28.8 Å². The first-order valence-electron chi connectivity index (χ1n) is 12.2. The van der Waals surface area contributed by atoms with Crippen molar-refractivity contribution in [3.8, 4) is 0 Å². The molecule has 0 aliphatic heterocycles. The van der Waals surface area contributed by atoms with Crippen LogP contribution in [0.4, 0.5) is 10.2 Å². The van der Waals surface area contributed by atoms with Gasteiger partial charge >= 0.3 is 5.76 Å². The molecule has 0 radical (unpaired) electrons. The molecule has 5 rings (SSSR count). The molecule has 2 aromatic carbocycles. The largest absolute Gasteiger partial charge is 0.420 e. The van der Waals surface area contributed by atoms with E-state index < -0.39 is 21.7 Å². The Bertz CT molecular complexity index is 1690. The molecule has 7 nitrogen and oxygen atoms in total. The van der Waals surface area contributed by atoms with Crippen LogP contribution in [-0.2, 0) is 10.0 Å². The highest BCUT2D eigenvalue weighted by molar-refractivity contribution is 7.92. The van der Waals surface area contributed by atoms with Crippen molar-refractivity contribution in [2.24, 2.45) is 5.92 Å². The number of rotatable bonds is 6. The second-order valence-corrected chi connectivity index (χ2v) is 11.3. The maximum Gasteiger partial charge on any atom is 0.420 e. The zero-order valence-corrected chi connectivity index (χ0v) is 21.7. The number of sulfonamides is 1. The Morgan fingerprint density at radius 2 is 1.95 bits per heavy atom. The second kappa shape index (κ2) is 9.63. The molecule has 2 heterocycles. The Morgan fingerprint density at radius 3 is 2.68 bits per heavy atom. The van der Waals surface area contributed by atoms with Crippen molar-refractivity contribution in [1.82, 2.24) is 9.55 Å². The zero-order chi connectivity index (χ0) is 26.3. The number of pyridine rings is 1. The monoisotopic (exact) mass is 521 g/mol. The molecule has 1 aliphatic rings. The van der Waals surface area contributed by atoms with Crippen LogP contribution in [0.5, 0.6) is 0 Å². The summed E-state index contributed by atoms with van der Waals surface area (Å²) in [5.74, 6) is -0.857. The summed E-state index contributed by atoms with van der Waals surface area (Å²) in [6.07, 6.45) is 5.43. The average Bonchev–Trinajstić information content (AvgIpc) is 3.18. The number of halogens is 1. The summed E-state index contributed by atoms with van der Waals surface area (Å²) in [6, 6.07) is 14.5. The quantitative estimate of drug-likeness (QED) is 0.312. The molecule has 0 saturated heterocycles. The van der Waals surface area contributed by atoms with E-state index in [9.17, 15) is 17.6 Å². The van der Waals surface area contributed by atoms with Crippen LogP contribution in [0.25, 0.3) is 16.7 Å². The molecular formula is C28H28FN3O4S. The lowest BCUT2D eigenvalue weighted by atomic mass is 9.85. The van der Waals surface area contributed by atoms with Crippen molar-refractivity contribution in [3.05, 3.63) is 93.9 Å². The number of allylic oxidation sites excluding steroid dienone is 2. The van der Waals surface area contributed by atoms with E-state index in [0.29, 0.717) is 17.0 Å². The third-order valence-corrected chi connectivity index (χ3v) is 8.47. The Kier molecular flexibility index (Phi) is 6.49. The van der Waals surface area contributed by atoms with Gasteiger partial charge in [-0.25, -0.2) is 18.2 Å². The number of fused-ring (bicyclic) bond motifs is 1. The van der Waals surface area contributed by atoms with Crippen LogP contribution in [0, 0.1) is 18.8 Å². The minimum Gasteiger partial charge on any atom is -0.408 e. The number of anilines is 1. The number of hydrogen-bond donors (Lipinski definition) is 1. The van der Waals surface area contributed by atoms with Gasteiger partial charge in [0, 0.05) is 6.07 Å². The number of nitrogens with one attached hydrogen (secondary N) is 1. The first kappa shape index (κ1) is 25.0. The summed E-state index contributed by atoms with van der Waals surface area (Å²) < 4.78 is 49.0. The van der Waals surface area contributed by atoms with Gasteiger partial charge in [-0.05, 0) is 79.5 Å². The minimum absolute atomic E-state index is 0.0819. The lowest BCUT2D eigenvalue weighted by molar-refractivity contribution is 0.489. The molecule has 2 unspecified atom stereocenters. The molecule has 1 N–H and O–H groups in total. The maximum absolute atomic E-state index is 13.5. The molecule has 2 aromatic heterocycles. The van der Waals surface area contributed by atoms with Gasteiger partial charge < -0.3 is 4.42 Å². The summed E-state index contributed by atoms with van der Waals surface area (Å²) in [4.78, 5) is 16.5. The van der Waals surface area contributed by atoms with E-state index in [1.54, 1.807) is 17.6 Å². The molecule has 0 saturated carbocycles. The van der Waals surface area contributed by atoms with E-state index in [-0.39, 0.29) is 22.3 Å². The number of aromatic nitrogens is 2. The van der Waals surface area contributed by atoms with Crippen molar-refractivity contribution in [1.29, 1.82) is 0 Å². The molecule has 2 atom stereocenters. The number of benzene rings is 2. The van der Waals surface area contributed by atoms with Crippen LogP contribution in [0.2, 0.25) is 0 Å². The Hall–Kier alpha value is -3.72. The molecule has 0 amide bonds. The van der Waals surface area contributed by atoms with E-state index >= 15 is 0 Å². The smallest absolute Gasteiger partial charge is 0.408 e. The van der Waals surface area contributed by atoms with Crippen LogP contribution in [0.1, 0.15) is 55.8 Å². The average molecular weight is 522 g/mol. The predicted octanol–water partition coefficient (Wildman–Crippen LogP) is 6.05. The highest BCUT2D eigenvalue weighted by Gasteiger charge is 2.25. The van der Waals surface area contributed by atoms with Gasteiger partial charge in [-0.2, -0.15) is 4.39 Å². The highest BCUT2D eigenvalue weighted by Crippen LogP contribution is 2.35. The fourth-order valence-corrected chi connectivity index (χ4v) is 6.23. The fraction of sp³-hybridized carbons (Fsp3) is 0.286. The summed E-state index contributed by atoms with van der Waals surface area (Å²) >= 11 is 0. The Labute approximate surface area is 214 Å². The van der Waals surface area contributed by atoms with Crippen LogP contribution in [0.3, 0.4) is 0 Å². The third-order valence-electron chi connectivity index (χ3n) is 6.97. The number of nitrogens with zero attached hydrogens (tertiary/aromatic N) is 2. The van der Waals surface area contributed by atoms with E-state index in [0.717, 1.165) is 36.5 Å². The van der Waals surface area contributed by atoms with Gasteiger partial charge in [0.05, 0.1) is 16.5 Å². The van der Waals surface area contributed by atoms with Crippen molar-refractivity contribution in [3.63, 3.8) is 0 Å². The molecule has 37 heavy (non-hydrogen) atoms. The molecule has 9 heteroatoms. The molecule has 0 spiro atoms. The molecule has 4 aromatic rings. The van der Waals surface area contributed by atoms with Gasteiger partial charge in [-0.1, -0.05) is 43.3 Å². The standard InChI is InChI=1S/C28H28FN3O4S/c1-17-11-13-20(14-12-17)22-8-5-4-7-21(22)19(3)32-23-15-18(2)25(16-24(23)36-28(32)33)37(34,35)31-27-10-6-9-26(29)30-27/h4-10,13,15-17,19H,11-12,14H2,1-3H3,(H,30,31). The Morgan fingerprint density at radius 1 is 1.16 bits per heavy atom. The van der Waals surface area contributed by atoms with E-state index in [4.69, 9.17) is 4.42 Å². The van der Waals surface area contributed by atoms with Gasteiger partial charge in [0.25, 0.3) is 10.0 Å². The fourth-order valence-electron chi connectivity index (χ4n) is 4.98. The van der Waals surface area contributed by atoms with Crippen LogP contribution < -0.4 is 10.5 Å². The van der Waals surface area contributed by atoms with Gasteiger partial charge in [0.2, 0.25) is 5.95 Å². The minimum atomic E-state index is -4.11. The lowest BCUT2D eigenvalue weighted by Crippen LogP contribution is -2.20. The van der Waals surface area contributed by atoms with Gasteiger partial charge in [0.1, 0.15) is 5.82 Å². The number of oxazole rings is 1. The van der Waals surface area contributed by atoms with Crippen molar-refractivity contribution in [2.75, 3.05) is 4.72 Å². The molecule has 1 aliphatic carbocycles. The number of hydrogen-bond acceptors (Lipinski definition) is 5. The van der Waals surface area contributed by atoms with Crippen molar-refractivity contribution >= 4 is 32.5 Å². The second-order valence-electron chi connectivity index (χ2n) is 9.65. The normalized spacial score (nSPS) is 17.0. The SMILES string of the molecule is Cc1cc2c(cc1S(=O)(=O)Nc1cccc(F)n1)oc(=O)n2C(C)c1ccccc1C1=CCC(C)CC1. The van der Waals surface area contributed by atoms with Crippen LogP contribution in [-0.4, -0.2) is 18.0 Å². The highest BCUT2D eigenvalue weighted by atomic mass is 32.2. The number of aryl methyl sites for hydroxylation is 1. The predicted molar refractivity (Wildman–Crippen MR) is 141 cm³/mol. The third kappa shape index (κ3) is 4.83. The Balaban J connectivity index is 1.55. The molecule has 0 bridgehead atoms. The van der Waals surface area contributed by atoms with E-state index in [1.165, 1.54) is 23.8 Å². The van der Waals surface area contributed by atoms with E-state index in [1.807, 2.05) is 25.1 Å². The van der Waals surface area contributed by atoms with Gasteiger partial charge in [-0.3, -0.25) is 9.29 Å². The summed E-state index contributed by atoms with van der Waals surface area (Å²) in [6.45, 7) is 5.83. The van der Waals surface area contributed by atoms with Crippen molar-refractivity contribution in [2.45, 2.75) is 51.0 Å². The molecule has 192 valence electrons. The first-order valence-corrected chi connectivity index (χ1v) is 13.7. The zero-order valence-electron chi connectivity index (χ0n) is 20.9. The van der Waals surface area contributed by atoms with Crippen LogP contribution >= 0.6 is 0 Å².